The maximum absolute atomic E-state index is 9.72. The van der Waals surface area contributed by atoms with Crippen LogP contribution in [0, 0.1) is 0 Å². The molecule has 0 radical (unpaired) electrons. The zero-order valence-electron chi connectivity index (χ0n) is 8.87. The van der Waals surface area contributed by atoms with E-state index in [1.807, 2.05) is 32.2 Å². The molecule has 2 nitrogen and oxygen atoms in total. The summed E-state index contributed by atoms with van der Waals surface area (Å²) in [5.74, 6) is 0.343. The molecule has 1 aromatic carbocycles. The summed E-state index contributed by atoms with van der Waals surface area (Å²) in [6, 6.07) is 5.57. The second kappa shape index (κ2) is 4.24. The first kappa shape index (κ1) is 11.4. The quantitative estimate of drug-likeness (QED) is 0.755. The van der Waals surface area contributed by atoms with Crippen molar-refractivity contribution in [3.05, 3.63) is 23.8 Å². The number of benzene rings is 1. The zero-order valence-corrected chi connectivity index (χ0v) is 9.69. The van der Waals surface area contributed by atoms with Crippen molar-refractivity contribution in [3.63, 3.8) is 0 Å². The minimum atomic E-state index is -0.288. The third-order valence-electron chi connectivity index (χ3n) is 1.96. The van der Waals surface area contributed by atoms with Gasteiger partial charge in [0.15, 0.2) is 0 Å². The minimum absolute atomic E-state index is 0.288. The summed E-state index contributed by atoms with van der Waals surface area (Å²) in [5, 5.41) is 9.72. The predicted octanol–water partition coefficient (Wildman–Crippen LogP) is 2.39. The fourth-order valence-corrected chi connectivity index (χ4v) is 2.02. The topological polar surface area (TPSA) is 46.2 Å². The lowest BCUT2D eigenvalue weighted by molar-refractivity contribution is 0.446. The van der Waals surface area contributed by atoms with Crippen LogP contribution in [0.1, 0.15) is 19.4 Å². The van der Waals surface area contributed by atoms with Crippen LogP contribution in [-0.4, -0.2) is 16.9 Å². The van der Waals surface area contributed by atoms with Crippen LogP contribution >= 0.6 is 11.8 Å². The Morgan fingerprint density at radius 2 is 2.07 bits per heavy atom. The van der Waals surface area contributed by atoms with Crippen molar-refractivity contribution in [2.45, 2.75) is 30.7 Å². The van der Waals surface area contributed by atoms with Crippen LogP contribution in [0.4, 0.5) is 0 Å². The molecule has 1 aromatic rings. The number of aromatic hydroxyl groups is 1. The molecule has 0 aliphatic carbocycles. The van der Waals surface area contributed by atoms with Crippen molar-refractivity contribution in [1.82, 2.24) is 0 Å². The standard InChI is InChI=1S/C11H17NOS/c1-11(2,12)7-8-9(13)5-4-6-10(8)14-3/h4-6,13H,7,12H2,1-3H3. The normalized spacial score (nSPS) is 11.7. The first-order valence-corrected chi connectivity index (χ1v) is 5.80. The molecule has 0 atom stereocenters. The maximum Gasteiger partial charge on any atom is 0.119 e. The number of rotatable bonds is 3. The molecule has 0 bridgehead atoms. The first-order valence-electron chi connectivity index (χ1n) is 4.58. The van der Waals surface area contributed by atoms with Crippen LogP contribution in [0.5, 0.6) is 5.75 Å². The third-order valence-corrected chi connectivity index (χ3v) is 2.78. The second-order valence-corrected chi connectivity index (χ2v) is 4.97. The fraction of sp³-hybridized carbons (Fsp3) is 0.455. The average Bonchev–Trinajstić information content (AvgIpc) is 2.06. The van der Waals surface area contributed by atoms with E-state index in [-0.39, 0.29) is 5.54 Å². The molecular weight excluding hydrogens is 194 g/mol. The van der Waals surface area contributed by atoms with Gasteiger partial charge >= 0.3 is 0 Å². The van der Waals surface area contributed by atoms with Gasteiger partial charge in [-0.2, -0.15) is 0 Å². The van der Waals surface area contributed by atoms with E-state index >= 15 is 0 Å². The third kappa shape index (κ3) is 2.93. The molecule has 78 valence electrons. The van der Waals surface area contributed by atoms with E-state index in [2.05, 4.69) is 0 Å². The van der Waals surface area contributed by atoms with Crippen LogP contribution < -0.4 is 5.73 Å². The summed E-state index contributed by atoms with van der Waals surface area (Å²) in [4.78, 5) is 1.10. The molecule has 3 N–H and O–H groups in total. The van der Waals surface area contributed by atoms with Gasteiger partial charge in [0, 0.05) is 16.0 Å². The van der Waals surface area contributed by atoms with E-state index in [1.165, 1.54) is 0 Å². The first-order chi connectivity index (χ1) is 6.44. The molecule has 0 saturated heterocycles. The Bertz CT molecular complexity index is 318. The highest BCUT2D eigenvalue weighted by atomic mass is 32.2. The van der Waals surface area contributed by atoms with Gasteiger partial charge in [-0.25, -0.2) is 0 Å². The molecule has 3 heteroatoms. The summed E-state index contributed by atoms with van der Waals surface area (Å²) < 4.78 is 0. The molecule has 1 rings (SSSR count). The number of phenols is 1. The Hall–Kier alpha value is -0.670. The second-order valence-electron chi connectivity index (χ2n) is 4.12. The lowest BCUT2D eigenvalue weighted by Gasteiger charge is -2.20. The number of nitrogens with two attached hydrogens (primary N) is 1. The van der Waals surface area contributed by atoms with Crippen molar-refractivity contribution >= 4 is 11.8 Å². The van der Waals surface area contributed by atoms with E-state index in [1.54, 1.807) is 17.8 Å². The van der Waals surface area contributed by atoms with E-state index in [0.29, 0.717) is 12.2 Å². The SMILES string of the molecule is CSc1cccc(O)c1CC(C)(C)N. The van der Waals surface area contributed by atoms with E-state index < -0.39 is 0 Å². The molecule has 0 aliphatic rings. The molecule has 0 aromatic heterocycles. The number of phenolic OH excluding ortho intramolecular Hbond substituents is 1. The highest BCUT2D eigenvalue weighted by Crippen LogP contribution is 2.30. The molecule has 0 saturated carbocycles. The van der Waals surface area contributed by atoms with Crippen LogP contribution in [0.3, 0.4) is 0 Å². The highest BCUT2D eigenvalue weighted by molar-refractivity contribution is 7.98. The van der Waals surface area contributed by atoms with Gasteiger partial charge in [-0.05, 0) is 38.7 Å². The van der Waals surface area contributed by atoms with Gasteiger partial charge in [0.05, 0.1) is 0 Å². The van der Waals surface area contributed by atoms with Crippen molar-refractivity contribution in [1.29, 1.82) is 0 Å². The average molecular weight is 211 g/mol. The molecule has 0 aliphatic heterocycles. The van der Waals surface area contributed by atoms with Gasteiger partial charge in [-0.1, -0.05) is 6.07 Å². The summed E-state index contributed by atoms with van der Waals surface area (Å²) in [7, 11) is 0. The van der Waals surface area contributed by atoms with E-state index in [0.717, 1.165) is 10.5 Å². The number of hydrogen-bond acceptors (Lipinski definition) is 3. The van der Waals surface area contributed by atoms with Crippen molar-refractivity contribution < 1.29 is 5.11 Å². The Morgan fingerprint density at radius 3 is 2.57 bits per heavy atom. The molecule has 0 amide bonds. The van der Waals surface area contributed by atoms with Gasteiger partial charge in [-0.15, -0.1) is 11.8 Å². The van der Waals surface area contributed by atoms with Gasteiger partial charge in [0.1, 0.15) is 5.75 Å². The van der Waals surface area contributed by atoms with Crippen molar-refractivity contribution in [3.8, 4) is 5.75 Å². The van der Waals surface area contributed by atoms with Gasteiger partial charge in [0.25, 0.3) is 0 Å². The smallest absolute Gasteiger partial charge is 0.119 e. The Balaban J connectivity index is 3.05. The van der Waals surface area contributed by atoms with Crippen LogP contribution in [0.2, 0.25) is 0 Å². The lowest BCUT2D eigenvalue weighted by Crippen LogP contribution is -2.34. The van der Waals surface area contributed by atoms with Crippen molar-refractivity contribution in [2.75, 3.05) is 6.26 Å². The number of hydrogen-bond donors (Lipinski definition) is 2. The Kier molecular flexibility index (Phi) is 3.45. The maximum atomic E-state index is 9.72. The molecule has 0 spiro atoms. The molecule has 0 fully saturated rings. The Labute approximate surface area is 89.5 Å². The van der Waals surface area contributed by atoms with Gasteiger partial charge in [0.2, 0.25) is 0 Å². The summed E-state index contributed by atoms with van der Waals surface area (Å²) in [6.45, 7) is 3.92. The monoisotopic (exact) mass is 211 g/mol. The van der Waals surface area contributed by atoms with E-state index in [4.69, 9.17) is 5.73 Å². The molecule has 0 unspecified atom stereocenters. The highest BCUT2D eigenvalue weighted by Gasteiger charge is 2.16. The molecule has 0 heterocycles. The molecular formula is C11H17NOS. The summed E-state index contributed by atoms with van der Waals surface area (Å²) in [5.41, 5.74) is 6.60. The molecule has 14 heavy (non-hydrogen) atoms. The van der Waals surface area contributed by atoms with Gasteiger partial charge < -0.3 is 10.8 Å². The predicted molar refractivity (Wildman–Crippen MR) is 61.9 cm³/mol. The van der Waals surface area contributed by atoms with Gasteiger partial charge in [-0.3, -0.25) is 0 Å². The number of thioether (sulfide) groups is 1. The largest absolute Gasteiger partial charge is 0.508 e. The summed E-state index contributed by atoms with van der Waals surface area (Å²) in [6.07, 6.45) is 2.69. The Morgan fingerprint density at radius 1 is 1.43 bits per heavy atom. The zero-order chi connectivity index (χ0) is 10.8. The lowest BCUT2D eigenvalue weighted by atomic mass is 9.95. The van der Waals surface area contributed by atoms with Crippen LogP contribution in [0.15, 0.2) is 23.1 Å². The van der Waals surface area contributed by atoms with Crippen molar-refractivity contribution in [2.24, 2.45) is 5.73 Å². The van der Waals surface area contributed by atoms with Crippen LogP contribution in [-0.2, 0) is 6.42 Å². The summed E-state index contributed by atoms with van der Waals surface area (Å²) >= 11 is 1.63. The fourth-order valence-electron chi connectivity index (χ4n) is 1.38. The van der Waals surface area contributed by atoms with Crippen LogP contribution in [0.25, 0.3) is 0 Å². The van der Waals surface area contributed by atoms with E-state index in [9.17, 15) is 5.11 Å². The minimum Gasteiger partial charge on any atom is -0.508 e.